The number of hydrogen-bond donors (Lipinski definition) is 1. The minimum absolute atomic E-state index is 0.0403. The van der Waals surface area contributed by atoms with Crippen LogP contribution < -0.4 is 5.32 Å². The molecule has 1 atom stereocenters. The summed E-state index contributed by atoms with van der Waals surface area (Å²) in [7, 11) is -3.84. The molecule has 2 aromatic heterocycles. The third-order valence-corrected chi connectivity index (χ3v) is 7.08. The number of aryl methyl sites for hydroxylation is 1. The molecule has 9 heteroatoms. The smallest absolute Gasteiger partial charge is 0.248 e. The Balaban J connectivity index is 1.55. The molecule has 2 aliphatic rings. The molecule has 0 aromatic carbocycles. The molecular formula is C19H23N3O5S. The van der Waals surface area contributed by atoms with Crippen molar-refractivity contribution in [1.82, 2.24) is 14.8 Å². The van der Waals surface area contributed by atoms with Gasteiger partial charge >= 0.3 is 0 Å². The average molecular weight is 405 g/mol. The Morgan fingerprint density at radius 3 is 2.86 bits per heavy atom. The predicted molar refractivity (Wildman–Crippen MR) is 102 cm³/mol. The lowest BCUT2D eigenvalue weighted by atomic mass is 9.99. The summed E-state index contributed by atoms with van der Waals surface area (Å²) in [5, 5.41) is 6.81. The molecule has 4 rings (SSSR count). The first-order valence-electron chi connectivity index (χ1n) is 9.43. The molecule has 1 aliphatic heterocycles. The molecule has 2 fully saturated rings. The molecule has 2 aromatic rings. The van der Waals surface area contributed by atoms with E-state index in [1.54, 1.807) is 25.1 Å². The van der Waals surface area contributed by atoms with Crippen LogP contribution in [0.2, 0.25) is 0 Å². The number of amides is 1. The van der Waals surface area contributed by atoms with Crippen LogP contribution in [0.5, 0.6) is 0 Å². The molecular weight excluding hydrogens is 382 g/mol. The molecule has 0 radical (unpaired) electrons. The highest BCUT2D eigenvalue weighted by molar-refractivity contribution is 7.89. The second-order valence-electron chi connectivity index (χ2n) is 7.30. The fraction of sp³-hybridized carbons (Fsp3) is 0.474. The van der Waals surface area contributed by atoms with E-state index in [4.69, 9.17) is 8.94 Å². The molecule has 0 bridgehead atoms. The summed E-state index contributed by atoms with van der Waals surface area (Å²) in [6.07, 6.45) is 8.04. The lowest BCUT2D eigenvalue weighted by molar-refractivity contribution is -0.126. The second kappa shape index (κ2) is 7.56. The Bertz CT molecular complexity index is 973. The Kier molecular flexibility index (Phi) is 5.11. The fourth-order valence-electron chi connectivity index (χ4n) is 3.39. The largest absolute Gasteiger partial charge is 0.465 e. The molecule has 1 amide bonds. The third kappa shape index (κ3) is 3.90. The van der Waals surface area contributed by atoms with Crippen molar-refractivity contribution in [3.63, 3.8) is 0 Å². The molecule has 0 spiro atoms. The number of carbonyl (C=O) groups excluding carboxylic acids is 1. The van der Waals surface area contributed by atoms with E-state index < -0.39 is 10.0 Å². The van der Waals surface area contributed by atoms with Crippen LogP contribution in [0.4, 0.5) is 0 Å². The Labute approximate surface area is 163 Å². The number of piperidine rings is 1. The maximum atomic E-state index is 13.3. The molecule has 0 unspecified atom stereocenters. The van der Waals surface area contributed by atoms with Crippen molar-refractivity contribution in [2.24, 2.45) is 5.92 Å². The Morgan fingerprint density at radius 2 is 2.14 bits per heavy atom. The summed E-state index contributed by atoms with van der Waals surface area (Å²) >= 11 is 0. The van der Waals surface area contributed by atoms with E-state index in [0.29, 0.717) is 30.8 Å². The van der Waals surface area contributed by atoms with Gasteiger partial charge in [0.15, 0.2) is 10.7 Å². The van der Waals surface area contributed by atoms with Crippen LogP contribution in [-0.4, -0.2) is 42.9 Å². The number of aromatic nitrogens is 1. The summed E-state index contributed by atoms with van der Waals surface area (Å²) in [4.78, 5) is 12.4. The SMILES string of the molecule is Cc1noc(/C=C/c2ccco2)c1S(=O)(=O)N1CCC[C@H](C(=O)NC2CC2)C1. The number of hydrogen-bond acceptors (Lipinski definition) is 6. The molecule has 8 nitrogen and oxygen atoms in total. The van der Waals surface area contributed by atoms with Crippen molar-refractivity contribution >= 4 is 28.1 Å². The Hall–Kier alpha value is -2.39. The summed E-state index contributed by atoms with van der Waals surface area (Å²) in [6.45, 7) is 2.15. The summed E-state index contributed by atoms with van der Waals surface area (Å²) in [6, 6.07) is 3.75. The van der Waals surface area contributed by atoms with Gasteiger partial charge in [0.05, 0.1) is 12.2 Å². The van der Waals surface area contributed by atoms with E-state index in [0.717, 1.165) is 12.8 Å². The van der Waals surface area contributed by atoms with Gasteiger partial charge in [-0.25, -0.2) is 8.42 Å². The first-order chi connectivity index (χ1) is 13.4. The fourth-order valence-corrected chi connectivity index (χ4v) is 5.17. The maximum Gasteiger partial charge on any atom is 0.248 e. The van der Waals surface area contributed by atoms with Crippen LogP contribution in [0.15, 0.2) is 32.2 Å². The summed E-state index contributed by atoms with van der Waals surface area (Å²) in [5.41, 5.74) is 0.295. The van der Waals surface area contributed by atoms with Crippen LogP contribution in [0, 0.1) is 12.8 Å². The molecule has 1 N–H and O–H groups in total. The molecule has 1 saturated heterocycles. The highest BCUT2D eigenvalue weighted by Crippen LogP contribution is 2.30. The van der Waals surface area contributed by atoms with E-state index in [2.05, 4.69) is 10.5 Å². The van der Waals surface area contributed by atoms with Gasteiger partial charge in [-0.1, -0.05) is 5.16 Å². The number of carbonyl (C=O) groups is 1. The minimum atomic E-state index is -3.84. The van der Waals surface area contributed by atoms with Crippen molar-refractivity contribution in [1.29, 1.82) is 0 Å². The van der Waals surface area contributed by atoms with Crippen LogP contribution in [0.25, 0.3) is 12.2 Å². The molecule has 1 aliphatic carbocycles. The topological polar surface area (TPSA) is 106 Å². The van der Waals surface area contributed by atoms with Crippen LogP contribution >= 0.6 is 0 Å². The van der Waals surface area contributed by atoms with Crippen molar-refractivity contribution in [3.05, 3.63) is 35.6 Å². The van der Waals surface area contributed by atoms with E-state index in [1.165, 1.54) is 16.6 Å². The predicted octanol–water partition coefficient (Wildman–Crippen LogP) is 2.43. The average Bonchev–Trinajstić information content (AvgIpc) is 3.18. The Morgan fingerprint density at radius 1 is 1.32 bits per heavy atom. The third-order valence-electron chi connectivity index (χ3n) is 5.05. The van der Waals surface area contributed by atoms with Gasteiger partial charge < -0.3 is 14.3 Å². The molecule has 1 saturated carbocycles. The normalized spacial score (nSPS) is 21.2. The van der Waals surface area contributed by atoms with Crippen LogP contribution in [0.1, 0.15) is 42.9 Å². The van der Waals surface area contributed by atoms with Crippen molar-refractivity contribution in [3.8, 4) is 0 Å². The number of furan rings is 1. The highest BCUT2D eigenvalue weighted by atomic mass is 32.2. The number of nitrogens with one attached hydrogen (secondary N) is 1. The van der Waals surface area contributed by atoms with E-state index in [1.807, 2.05) is 0 Å². The van der Waals surface area contributed by atoms with Gasteiger partial charge in [0.25, 0.3) is 0 Å². The molecule has 150 valence electrons. The van der Waals surface area contributed by atoms with Gasteiger partial charge in [-0.15, -0.1) is 0 Å². The molecule has 3 heterocycles. The zero-order valence-electron chi connectivity index (χ0n) is 15.6. The van der Waals surface area contributed by atoms with Gasteiger partial charge in [0.2, 0.25) is 15.9 Å². The first kappa shape index (κ1) is 18.9. The second-order valence-corrected chi connectivity index (χ2v) is 9.17. The minimum Gasteiger partial charge on any atom is -0.465 e. The van der Waals surface area contributed by atoms with Crippen LogP contribution in [0.3, 0.4) is 0 Å². The molecule has 28 heavy (non-hydrogen) atoms. The highest BCUT2D eigenvalue weighted by Gasteiger charge is 2.37. The zero-order chi connectivity index (χ0) is 19.7. The summed E-state index contributed by atoms with van der Waals surface area (Å²) < 4.78 is 38.4. The van der Waals surface area contributed by atoms with E-state index in [9.17, 15) is 13.2 Å². The van der Waals surface area contributed by atoms with Gasteiger partial charge in [0.1, 0.15) is 11.5 Å². The standard InChI is InChI=1S/C19H23N3O5S/c1-13-18(17(27-21-13)9-8-16-5-3-11-26-16)28(24,25)22-10-2-4-14(12-22)19(23)20-15-6-7-15/h3,5,8-9,11,14-15H,2,4,6-7,10,12H2,1H3,(H,20,23)/b9-8+/t14-/m0/s1. The van der Waals surface area contributed by atoms with Crippen LogP contribution in [-0.2, 0) is 14.8 Å². The quantitative estimate of drug-likeness (QED) is 0.791. The van der Waals surface area contributed by atoms with Gasteiger partial charge in [-0.05, 0) is 56.9 Å². The van der Waals surface area contributed by atoms with Gasteiger partial charge in [0, 0.05) is 19.1 Å². The number of sulfonamides is 1. The van der Waals surface area contributed by atoms with Crippen molar-refractivity contribution < 1.29 is 22.2 Å². The first-order valence-corrected chi connectivity index (χ1v) is 10.9. The van der Waals surface area contributed by atoms with Gasteiger partial charge in [-0.2, -0.15) is 4.31 Å². The van der Waals surface area contributed by atoms with Gasteiger partial charge in [-0.3, -0.25) is 4.79 Å². The van der Waals surface area contributed by atoms with Crippen molar-refractivity contribution in [2.75, 3.05) is 13.1 Å². The zero-order valence-corrected chi connectivity index (χ0v) is 16.4. The van der Waals surface area contributed by atoms with Crippen molar-refractivity contribution in [2.45, 2.75) is 43.5 Å². The number of nitrogens with zero attached hydrogens (tertiary/aromatic N) is 2. The van der Waals surface area contributed by atoms with E-state index >= 15 is 0 Å². The van der Waals surface area contributed by atoms with E-state index in [-0.39, 0.29) is 35.1 Å². The maximum absolute atomic E-state index is 13.3. The monoisotopic (exact) mass is 405 g/mol. The number of rotatable bonds is 6. The summed E-state index contributed by atoms with van der Waals surface area (Å²) in [5.74, 6) is 0.347. The lowest BCUT2D eigenvalue weighted by Gasteiger charge is -2.31. The lowest BCUT2D eigenvalue weighted by Crippen LogP contribution is -2.46.